The van der Waals surface area contributed by atoms with Crippen molar-refractivity contribution in [3.63, 3.8) is 0 Å². The number of H-pyrrole nitrogens is 1. The number of likely N-dealkylation sites (tertiary alicyclic amines) is 1. The molecule has 2 aliphatic rings. The van der Waals surface area contributed by atoms with E-state index in [2.05, 4.69) is 4.98 Å². The summed E-state index contributed by atoms with van der Waals surface area (Å²) in [6, 6.07) is 0. The summed E-state index contributed by atoms with van der Waals surface area (Å²) in [5.41, 5.74) is 2.27. The highest BCUT2D eigenvalue weighted by Crippen LogP contribution is 2.22. The summed E-state index contributed by atoms with van der Waals surface area (Å²) < 4.78 is 5.30. The number of hydrogen-bond donors (Lipinski definition) is 1. The van der Waals surface area contributed by atoms with Gasteiger partial charge in [0, 0.05) is 31.9 Å². The fourth-order valence-corrected chi connectivity index (χ4v) is 3.79. The van der Waals surface area contributed by atoms with Gasteiger partial charge in [-0.3, -0.25) is 14.4 Å². The maximum absolute atomic E-state index is 13.0. The van der Waals surface area contributed by atoms with E-state index in [4.69, 9.17) is 4.74 Å². The number of ether oxygens (including phenoxy) is 1. The second-order valence-electron chi connectivity index (χ2n) is 7.23. The first kappa shape index (κ1) is 18.6. The molecule has 7 nitrogen and oxygen atoms in total. The van der Waals surface area contributed by atoms with Crippen molar-refractivity contribution >= 4 is 11.8 Å². The summed E-state index contributed by atoms with van der Waals surface area (Å²) in [7, 11) is 0. The maximum Gasteiger partial charge on any atom is 0.261 e. The van der Waals surface area contributed by atoms with E-state index in [9.17, 15) is 14.4 Å². The molecule has 26 heavy (non-hydrogen) atoms. The molecule has 7 heteroatoms. The van der Waals surface area contributed by atoms with Gasteiger partial charge in [0.2, 0.25) is 5.91 Å². The Kier molecular flexibility index (Phi) is 5.46. The van der Waals surface area contributed by atoms with Crippen LogP contribution < -0.4 is 5.56 Å². The van der Waals surface area contributed by atoms with E-state index in [0.29, 0.717) is 39.4 Å². The number of carbonyl (C=O) groups excluding carboxylic acids is 2. The average Bonchev–Trinajstić information content (AvgIpc) is 2.66. The Bertz CT molecular complexity index is 765. The van der Waals surface area contributed by atoms with Crippen LogP contribution >= 0.6 is 0 Å². The van der Waals surface area contributed by atoms with E-state index in [1.54, 1.807) is 4.90 Å². The molecule has 1 aromatic rings. The zero-order valence-electron chi connectivity index (χ0n) is 15.8. The van der Waals surface area contributed by atoms with Gasteiger partial charge in [-0.1, -0.05) is 0 Å². The highest BCUT2D eigenvalue weighted by molar-refractivity contribution is 5.96. The Labute approximate surface area is 153 Å². The molecule has 2 fully saturated rings. The quantitative estimate of drug-likeness (QED) is 0.852. The zero-order valence-corrected chi connectivity index (χ0v) is 15.8. The normalized spacial score (nSPS) is 21.0. The minimum absolute atomic E-state index is 0.0940. The van der Waals surface area contributed by atoms with Gasteiger partial charge in [0.1, 0.15) is 5.56 Å². The van der Waals surface area contributed by atoms with Crippen LogP contribution in [0.4, 0.5) is 0 Å². The van der Waals surface area contributed by atoms with Crippen LogP contribution in [0.25, 0.3) is 0 Å². The van der Waals surface area contributed by atoms with E-state index < -0.39 is 0 Å². The van der Waals surface area contributed by atoms with Crippen LogP contribution in [0.15, 0.2) is 4.79 Å². The molecule has 0 bridgehead atoms. The molecule has 2 amide bonds. The molecule has 1 N–H and O–H groups in total. The monoisotopic (exact) mass is 361 g/mol. The van der Waals surface area contributed by atoms with E-state index in [1.807, 2.05) is 25.7 Å². The topological polar surface area (TPSA) is 82.7 Å². The number of carbonyl (C=O) groups is 2. The third-order valence-electron chi connectivity index (χ3n) is 5.62. The molecular formula is C19H27N3O4. The fourth-order valence-electron chi connectivity index (χ4n) is 3.79. The minimum Gasteiger partial charge on any atom is -0.378 e. The van der Waals surface area contributed by atoms with Gasteiger partial charge in [0.15, 0.2) is 0 Å². The van der Waals surface area contributed by atoms with Crippen LogP contribution in [0.1, 0.15) is 40.0 Å². The Morgan fingerprint density at radius 2 is 1.73 bits per heavy atom. The average molecular weight is 361 g/mol. The molecule has 2 saturated heterocycles. The van der Waals surface area contributed by atoms with Crippen LogP contribution in [-0.4, -0.2) is 66.0 Å². The highest BCUT2D eigenvalue weighted by atomic mass is 16.5. The molecule has 0 radical (unpaired) electrons. The lowest BCUT2D eigenvalue weighted by atomic mass is 9.95. The molecule has 3 heterocycles. The molecule has 2 aliphatic heterocycles. The van der Waals surface area contributed by atoms with Gasteiger partial charge in [-0.25, -0.2) is 0 Å². The minimum atomic E-state index is -0.350. The Morgan fingerprint density at radius 3 is 2.42 bits per heavy atom. The van der Waals surface area contributed by atoms with Gasteiger partial charge in [-0.05, 0) is 44.7 Å². The number of nitrogens with one attached hydrogen (secondary N) is 1. The van der Waals surface area contributed by atoms with Crippen molar-refractivity contribution in [2.45, 2.75) is 33.6 Å². The number of aromatic nitrogens is 1. The van der Waals surface area contributed by atoms with Crippen LogP contribution in [0, 0.1) is 26.7 Å². The van der Waals surface area contributed by atoms with Gasteiger partial charge in [0.25, 0.3) is 11.5 Å². The molecule has 1 atom stereocenters. The summed E-state index contributed by atoms with van der Waals surface area (Å²) in [5, 5.41) is 0. The van der Waals surface area contributed by atoms with Crippen molar-refractivity contribution in [1.29, 1.82) is 0 Å². The molecule has 0 unspecified atom stereocenters. The lowest BCUT2D eigenvalue weighted by molar-refractivity contribution is -0.141. The van der Waals surface area contributed by atoms with Gasteiger partial charge in [0.05, 0.1) is 19.1 Å². The number of rotatable bonds is 2. The number of aromatic amines is 1. The number of amides is 2. The first-order valence-electron chi connectivity index (χ1n) is 9.26. The molecule has 0 saturated carbocycles. The van der Waals surface area contributed by atoms with Crippen LogP contribution in [-0.2, 0) is 9.53 Å². The van der Waals surface area contributed by atoms with Crippen molar-refractivity contribution in [2.24, 2.45) is 5.92 Å². The number of pyridine rings is 1. The number of aryl methyl sites for hydroxylation is 1. The van der Waals surface area contributed by atoms with Crippen molar-refractivity contribution in [1.82, 2.24) is 14.8 Å². The van der Waals surface area contributed by atoms with Gasteiger partial charge in [-0.2, -0.15) is 0 Å². The SMILES string of the molecule is Cc1[nH]c(=O)c(C(=O)N2CCC[C@H](C(=O)N3CCOCC3)C2)c(C)c1C. The number of piperidine rings is 1. The van der Waals surface area contributed by atoms with Crippen LogP contribution in [0.5, 0.6) is 0 Å². The summed E-state index contributed by atoms with van der Waals surface area (Å²) in [6.45, 7) is 8.85. The highest BCUT2D eigenvalue weighted by Gasteiger charge is 2.33. The first-order chi connectivity index (χ1) is 12.4. The standard InChI is InChI=1S/C19H27N3O4/c1-12-13(2)16(17(23)20-14(12)3)19(25)22-6-4-5-15(11-22)18(24)21-7-9-26-10-8-21/h15H,4-11H2,1-3H3,(H,20,23)/t15-/m0/s1. The van der Waals surface area contributed by atoms with Gasteiger partial charge in [-0.15, -0.1) is 0 Å². The van der Waals surface area contributed by atoms with Crippen molar-refractivity contribution < 1.29 is 14.3 Å². The predicted molar refractivity (Wildman–Crippen MR) is 97.3 cm³/mol. The summed E-state index contributed by atoms with van der Waals surface area (Å²) in [5.74, 6) is -0.375. The molecule has 1 aromatic heterocycles. The predicted octanol–water partition coefficient (Wildman–Crippen LogP) is 1.01. The Hall–Kier alpha value is -2.15. The summed E-state index contributed by atoms with van der Waals surface area (Å²) >= 11 is 0. The zero-order chi connectivity index (χ0) is 18.8. The first-order valence-corrected chi connectivity index (χ1v) is 9.26. The Balaban J connectivity index is 1.77. The molecule has 3 rings (SSSR count). The third-order valence-corrected chi connectivity index (χ3v) is 5.62. The molecule has 0 aliphatic carbocycles. The number of morpholine rings is 1. The van der Waals surface area contributed by atoms with Crippen LogP contribution in [0.2, 0.25) is 0 Å². The fraction of sp³-hybridized carbons (Fsp3) is 0.632. The molecule has 0 spiro atoms. The second-order valence-corrected chi connectivity index (χ2v) is 7.23. The smallest absolute Gasteiger partial charge is 0.261 e. The Morgan fingerprint density at radius 1 is 1.04 bits per heavy atom. The molecule has 0 aromatic carbocycles. The maximum atomic E-state index is 13.0. The van der Waals surface area contributed by atoms with Gasteiger partial charge >= 0.3 is 0 Å². The second kappa shape index (κ2) is 7.61. The lowest BCUT2D eigenvalue weighted by Crippen LogP contribution is -2.50. The van der Waals surface area contributed by atoms with E-state index >= 15 is 0 Å². The van der Waals surface area contributed by atoms with Crippen molar-refractivity contribution in [2.75, 3.05) is 39.4 Å². The molecular weight excluding hydrogens is 334 g/mol. The number of nitrogens with zero attached hydrogens (tertiary/aromatic N) is 2. The van der Waals surface area contributed by atoms with Crippen molar-refractivity contribution in [3.8, 4) is 0 Å². The summed E-state index contributed by atoms with van der Waals surface area (Å²) in [6.07, 6.45) is 1.55. The summed E-state index contributed by atoms with van der Waals surface area (Å²) in [4.78, 5) is 44.4. The van der Waals surface area contributed by atoms with E-state index in [0.717, 1.165) is 29.7 Å². The van der Waals surface area contributed by atoms with Gasteiger partial charge < -0.3 is 19.5 Å². The molecule has 142 valence electrons. The largest absolute Gasteiger partial charge is 0.378 e. The van der Waals surface area contributed by atoms with Crippen LogP contribution in [0.3, 0.4) is 0 Å². The third kappa shape index (κ3) is 3.53. The van der Waals surface area contributed by atoms with E-state index in [1.165, 1.54) is 0 Å². The van der Waals surface area contributed by atoms with Crippen molar-refractivity contribution in [3.05, 3.63) is 32.7 Å². The lowest BCUT2D eigenvalue weighted by Gasteiger charge is -2.36. The number of hydrogen-bond acceptors (Lipinski definition) is 4. The van der Waals surface area contributed by atoms with E-state index in [-0.39, 0.29) is 28.9 Å².